The molecule has 3 aromatic carbocycles. The maximum absolute atomic E-state index is 13.8. The SMILES string of the molecule is COc1ccc(/C=C2\CCCC3=C2N=c2s/c(=C/c4ccccc4)c(=O)n2[C@H]3c2ccc(OC)cc2)cc1. The molecule has 1 aliphatic carbocycles. The van der Waals surface area contributed by atoms with E-state index in [1.54, 1.807) is 14.2 Å². The molecule has 1 atom stereocenters. The van der Waals surface area contributed by atoms with Crippen LogP contribution in [0.3, 0.4) is 0 Å². The van der Waals surface area contributed by atoms with Gasteiger partial charge in [0.25, 0.3) is 5.56 Å². The fraction of sp³-hybridized carbons (Fsp3) is 0.188. The number of fused-ring (bicyclic) bond motifs is 1. The minimum absolute atomic E-state index is 0.00349. The summed E-state index contributed by atoms with van der Waals surface area (Å²) < 4.78 is 13.3. The molecule has 0 N–H and O–H groups in total. The molecule has 4 aromatic rings. The van der Waals surface area contributed by atoms with Crippen molar-refractivity contribution in [1.82, 2.24) is 4.57 Å². The highest BCUT2D eigenvalue weighted by Crippen LogP contribution is 2.41. The van der Waals surface area contributed by atoms with Gasteiger partial charge < -0.3 is 9.47 Å². The number of aromatic nitrogens is 1. The van der Waals surface area contributed by atoms with Crippen LogP contribution < -0.4 is 24.4 Å². The number of methoxy groups -OCH3 is 2. The van der Waals surface area contributed by atoms with Crippen molar-refractivity contribution in [2.75, 3.05) is 14.2 Å². The molecule has 0 amide bonds. The zero-order valence-electron chi connectivity index (χ0n) is 21.4. The van der Waals surface area contributed by atoms with Crippen LogP contribution in [0, 0.1) is 0 Å². The summed E-state index contributed by atoms with van der Waals surface area (Å²) >= 11 is 1.46. The Balaban J connectivity index is 1.55. The van der Waals surface area contributed by atoms with Gasteiger partial charge >= 0.3 is 0 Å². The Labute approximate surface area is 225 Å². The van der Waals surface area contributed by atoms with Gasteiger partial charge in [-0.25, -0.2) is 4.99 Å². The fourth-order valence-corrected chi connectivity index (χ4v) is 6.25. The number of benzene rings is 3. The third-order valence-corrected chi connectivity index (χ3v) is 8.10. The minimum Gasteiger partial charge on any atom is -0.497 e. The number of rotatable bonds is 5. The van der Waals surface area contributed by atoms with Crippen LogP contribution in [-0.4, -0.2) is 18.8 Å². The van der Waals surface area contributed by atoms with E-state index in [-0.39, 0.29) is 11.6 Å². The van der Waals surface area contributed by atoms with E-state index in [9.17, 15) is 4.79 Å². The van der Waals surface area contributed by atoms with Gasteiger partial charge in [-0.2, -0.15) is 0 Å². The Morgan fingerprint density at radius 1 is 0.842 bits per heavy atom. The second-order valence-electron chi connectivity index (χ2n) is 9.44. The molecule has 0 radical (unpaired) electrons. The van der Waals surface area contributed by atoms with Gasteiger partial charge in [0.2, 0.25) is 0 Å². The predicted octanol–water partition coefficient (Wildman–Crippen LogP) is 5.50. The number of hydrogen-bond acceptors (Lipinski definition) is 5. The van der Waals surface area contributed by atoms with Crippen LogP contribution in [0.5, 0.6) is 11.5 Å². The van der Waals surface area contributed by atoms with Crippen molar-refractivity contribution < 1.29 is 9.47 Å². The molecule has 0 saturated heterocycles. The molecule has 190 valence electrons. The lowest BCUT2D eigenvalue weighted by atomic mass is 9.84. The Bertz CT molecular complexity index is 1710. The summed E-state index contributed by atoms with van der Waals surface area (Å²) in [7, 11) is 3.34. The van der Waals surface area contributed by atoms with Crippen LogP contribution >= 0.6 is 11.3 Å². The molecule has 5 nitrogen and oxygen atoms in total. The quantitative estimate of drug-likeness (QED) is 0.349. The topological polar surface area (TPSA) is 52.8 Å². The van der Waals surface area contributed by atoms with Gasteiger partial charge in [0.05, 0.1) is 30.5 Å². The molecule has 1 aliphatic heterocycles. The van der Waals surface area contributed by atoms with E-state index in [0.717, 1.165) is 58.0 Å². The van der Waals surface area contributed by atoms with Gasteiger partial charge in [0.1, 0.15) is 11.5 Å². The van der Waals surface area contributed by atoms with Gasteiger partial charge in [-0.05, 0) is 83.5 Å². The number of hydrogen-bond donors (Lipinski definition) is 0. The lowest BCUT2D eigenvalue weighted by molar-refractivity contribution is 0.414. The van der Waals surface area contributed by atoms with Gasteiger partial charge in [0, 0.05) is 0 Å². The normalized spacial score (nSPS) is 18.1. The van der Waals surface area contributed by atoms with Crippen LogP contribution in [-0.2, 0) is 0 Å². The highest BCUT2D eigenvalue weighted by molar-refractivity contribution is 7.07. The number of ether oxygens (including phenoxy) is 2. The Morgan fingerprint density at radius 3 is 2.18 bits per heavy atom. The number of thiazole rings is 1. The maximum atomic E-state index is 13.8. The van der Waals surface area contributed by atoms with Crippen LogP contribution in [0.4, 0.5) is 0 Å². The summed E-state index contributed by atoms with van der Waals surface area (Å²) in [5.41, 5.74) is 6.58. The van der Waals surface area contributed by atoms with Crippen molar-refractivity contribution in [3.05, 3.63) is 132 Å². The largest absolute Gasteiger partial charge is 0.497 e. The molecule has 0 saturated carbocycles. The molecule has 2 heterocycles. The molecule has 38 heavy (non-hydrogen) atoms. The summed E-state index contributed by atoms with van der Waals surface area (Å²) in [4.78, 5) is 19.7. The first-order valence-electron chi connectivity index (χ1n) is 12.7. The van der Waals surface area contributed by atoms with E-state index in [1.165, 1.54) is 22.5 Å². The molecule has 0 spiro atoms. The highest BCUT2D eigenvalue weighted by atomic mass is 32.1. The van der Waals surface area contributed by atoms with Crippen molar-refractivity contribution in [2.24, 2.45) is 4.99 Å². The third kappa shape index (κ3) is 4.52. The molecule has 2 aliphatic rings. The maximum Gasteiger partial charge on any atom is 0.271 e. The van der Waals surface area contributed by atoms with Crippen LogP contribution in [0.2, 0.25) is 0 Å². The average Bonchev–Trinajstić information content (AvgIpc) is 3.27. The summed E-state index contributed by atoms with van der Waals surface area (Å²) in [5, 5.41) is 0. The number of nitrogens with zero attached hydrogens (tertiary/aromatic N) is 2. The van der Waals surface area contributed by atoms with E-state index in [1.807, 2.05) is 65.2 Å². The first-order valence-corrected chi connectivity index (χ1v) is 13.5. The zero-order chi connectivity index (χ0) is 26.1. The van der Waals surface area contributed by atoms with Crippen LogP contribution in [0.25, 0.3) is 12.2 Å². The monoisotopic (exact) mass is 520 g/mol. The summed E-state index contributed by atoms with van der Waals surface area (Å²) in [5.74, 6) is 1.63. The molecular formula is C32H28N2O3S. The van der Waals surface area contributed by atoms with Crippen LogP contribution in [0.15, 0.2) is 105 Å². The molecule has 0 bridgehead atoms. The van der Waals surface area contributed by atoms with Gasteiger partial charge in [-0.1, -0.05) is 65.9 Å². The van der Waals surface area contributed by atoms with Crippen molar-refractivity contribution in [3.63, 3.8) is 0 Å². The number of allylic oxidation sites excluding steroid dienone is 2. The van der Waals surface area contributed by atoms with E-state index in [2.05, 4.69) is 30.3 Å². The summed E-state index contributed by atoms with van der Waals surface area (Å²) in [6, 6.07) is 25.9. The third-order valence-electron chi connectivity index (χ3n) is 7.12. The van der Waals surface area contributed by atoms with Gasteiger partial charge in [-0.15, -0.1) is 0 Å². The molecule has 6 rings (SSSR count). The Hall–Kier alpha value is -4.16. The van der Waals surface area contributed by atoms with Crippen LogP contribution in [0.1, 0.15) is 42.0 Å². The first-order chi connectivity index (χ1) is 18.6. The molecule has 0 fully saturated rings. The van der Waals surface area contributed by atoms with E-state index >= 15 is 0 Å². The highest BCUT2D eigenvalue weighted by Gasteiger charge is 2.32. The summed E-state index contributed by atoms with van der Waals surface area (Å²) in [6.45, 7) is 0. The molecule has 6 heteroatoms. The van der Waals surface area contributed by atoms with E-state index < -0.39 is 0 Å². The Morgan fingerprint density at radius 2 is 1.50 bits per heavy atom. The molecule has 1 aromatic heterocycles. The first kappa shape index (κ1) is 24.2. The van der Waals surface area contributed by atoms with E-state index in [4.69, 9.17) is 14.5 Å². The van der Waals surface area contributed by atoms with Gasteiger partial charge in [-0.3, -0.25) is 9.36 Å². The Kier molecular flexibility index (Phi) is 6.56. The smallest absolute Gasteiger partial charge is 0.271 e. The summed E-state index contributed by atoms with van der Waals surface area (Å²) in [6.07, 6.45) is 7.05. The van der Waals surface area contributed by atoms with Crippen molar-refractivity contribution in [1.29, 1.82) is 0 Å². The van der Waals surface area contributed by atoms with Gasteiger partial charge in [0.15, 0.2) is 4.80 Å². The minimum atomic E-state index is -0.204. The lowest BCUT2D eigenvalue weighted by Gasteiger charge is -2.31. The van der Waals surface area contributed by atoms with E-state index in [0.29, 0.717) is 4.53 Å². The fourth-order valence-electron chi connectivity index (χ4n) is 5.24. The zero-order valence-corrected chi connectivity index (χ0v) is 22.2. The van der Waals surface area contributed by atoms with Crippen molar-refractivity contribution in [3.8, 4) is 11.5 Å². The average molecular weight is 521 g/mol. The second kappa shape index (κ2) is 10.3. The second-order valence-corrected chi connectivity index (χ2v) is 10.4. The molecule has 0 unspecified atom stereocenters. The molecular weight excluding hydrogens is 492 g/mol. The van der Waals surface area contributed by atoms with Crippen molar-refractivity contribution >= 4 is 23.5 Å². The standard InChI is InChI=1S/C32H28N2O3S/c1-36-25-15-11-22(12-16-25)19-24-9-6-10-27-29(24)33-32-34(30(27)23-13-17-26(37-2)18-14-23)31(35)28(38-32)20-21-7-4-3-5-8-21/h3-5,7-8,11-20,30H,6,9-10H2,1-2H3/b24-19+,28-20+/t30-/m0/s1. The lowest BCUT2D eigenvalue weighted by Crippen LogP contribution is -2.39. The van der Waals surface area contributed by atoms with Crippen molar-refractivity contribution in [2.45, 2.75) is 25.3 Å². The predicted molar refractivity (Wildman–Crippen MR) is 152 cm³/mol.